The van der Waals surface area contributed by atoms with Crippen LogP contribution in [0.25, 0.3) is 0 Å². The Morgan fingerprint density at radius 1 is 1.45 bits per heavy atom. The van der Waals surface area contributed by atoms with E-state index >= 15 is 0 Å². The number of thioether (sulfide) groups is 1. The van der Waals surface area contributed by atoms with Gasteiger partial charge in [-0.1, -0.05) is 12.7 Å². The number of hydrogen-bond donors (Lipinski definition) is 1. The van der Waals surface area contributed by atoms with Gasteiger partial charge in [-0.3, -0.25) is 4.79 Å². The number of nitrogens with one attached hydrogen (secondary N) is 1. The monoisotopic (exact) mass is 296 g/mol. The Labute approximate surface area is 123 Å². The minimum atomic E-state index is -0.609. The first-order valence-corrected chi connectivity index (χ1v) is 7.73. The van der Waals surface area contributed by atoms with E-state index < -0.39 is 12.0 Å². The fraction of sp³-hybridized carbons (Fsp3) is 0.429. The molecular weight excluding hydrogens is 276 g/mol. The molecule has 1 aromatic rings. The molecule has 0 aliphatic heterocycles. The number of hydrogen-bond acceptors (Lipinski definition) is 4. The molecule has 1 aromatic heterocycles. The van der Waals surface area contributed by atoms with Crippen LogP contribution in [0.5, 0.6) is 0 Å². The van der Waals surface area contributed by atoms with Gasteiger partial charge in [-0.15, -0.1) is 0 Å². The zero-order valence-electron chi connectivity index (χ0n) is 11.6. The minimum absolute atomic E-state index is 0.156. The summed E-state index contributed by atoms with van der Waals surface area (Å²) in [5.74, 6) is -0.0903. The van der Waals surface area contributed by atoms with Crippen molar-refractivity contribution >= 4 is 23.6 Å². The smallest absolute Gasteiger partial charge is 0.329 e. The maximum absolute atomic E-state index is 11.8. The van der Waals surface area contributed by atoms with Crippen molar-refractivity contribution in [3.05, 3.63) is 37.2 Å². The molecule has 1 atom stereocenters. The highest BCUT2D eigenvalue weighted by Gasteiger charge is 2.21. The largest absolute Gasteiger partial charge is 0.460 e. The third-order valence-electron chi connectivity index (χ3n) is 2.56. The minimum Gasteiger partial charge on any atom is -0.460 e. The van der Waals surface area contributed by atoms with Gasteiger partial charge in [0.2, 0.25) is 5.91 Å². The van der Waals surface area contributed by atoms with Crippen molar-refractivity contribution in [2.24, 2.45) is 0 Å². The molecule has 0 aromatic carbocycles. The van der Waals surface area contributed by atoms with Gasteiger partial charge < -0.3 is 14.6 Å². The van der Waals surface area contributed by atoms with Gasteiger partial charge in [0.15, 0.2) is 0 Å². The van der Waals surface area contributed by atoms with Crippen LogP contribution in [-0.4, -0.2) is 41.1 Å². The second-order valence-corrected chi connectivity index (χ2v) is 5.08. The van der Waals surface area contributed by atoms with Gasteiger partial charge in [0.1, 0.15) is 12.6 Å². The molecule has 1 rings (SSSR count). The van der Waals surface area contributed by atoms with Gasteiger partial charge >= 0.3 is 5.97 Å². The molecule has 1 amide bonds. The lowest BCUT2D eigenvalue weighted by molar-refractivity contribution is -0.146. The second-order valence-electron chi connectivity index (χ2n) is 4.17. The quantitative estimate of drug-likeness (QED) is 0.553. The van der Waals surface area contributed by atoms with Crippen molar-refractivity contribution in [3.63, 3.8) is 0 Å². The van der Waals surface area contributed by atoms with Crippen LogP contribution >= 0.6 is 11.8 Å². The number of aryl methyl sites for hydroxylation is 1. The summed E-state index contributed by atoms with van der Waals surface area (Å²) in [6.07, 6.45) is 7.49. The fourth-order valence-electron chi connectivity index (χ4n) is 1.59. The summed E-state index contributed by atoms with van der Waals surface area (Å²) in [7, 11) is 0. The van der Waals surface area contributed by atoms with Gasteiger partial charge in [0, 0.05) is 31.1 Å². The highest BCUT2D eigenvalue weighted by atomic mass is 32.2. The van der Waals surface area contributed by atoms with E-state index in [0.29, 0.717) is 18.7 Å². The molecule has 0 unspecified atom stereocenters. The van der Waals surface area contributed by atoms with Crippen LogP contribution in [-0.2, 0) is 20.9 Å². The highest BCUT2D eigenvalue weighted by Crippen LogP contribution is 2.01. The van der Waals surface area contributed by atoms with Crippen LogP contribution in [0.1, 0.15) is 6.42 Å². The first-order valence-electron chi connectivity index (χ1n) is 6.34. The van der Waals surface area contributed by atoms with Crippen LogP contribution < -0.4 is 5.32 Å². The lowest BCUT2D eigenvalue weighted by Gasteiger charge is -2.16. The summed E-state index contributed by atoms with van der Waals surface area (Å²) in [4.78, 5) is 23.6. The van der Waals surface area contributed by atoms with E-state index in [2.05, 4.69) is 11.9 Å². The summed E-state index contributed by atoms with van der Waals surface area (Å²) in [6.45, 7) is 4.23. The van der Waals surface area contributed by atoms with E-state index in [4.69, 9.17) is 4.74 Å². The van der Waals surface area contributed by atoms with Gasteiger partial charge in [-0.25, -0.2) is 4.79 Å². The third-order valence-corrected chi connectivity index (χ3v) is 3.23. The maximum atomic E-state index is 11.8. The van der Waals surface area contributed by atoms with Crippen LogP contribution in [0.3, 0.4) is 0 Å². The number of ether oxygens (including phenoxy) is 1. The van der Waals surface area contributed by atoms with Crippen LogP contribution in [0.2, 0.25) is 0 Å². The molecule has 0 aliphatic rings. The van der Waals surface area contributed by atoms with Gasteiger partial charge in [0.25, 0.3) is 0 Å². The molecule has 6 heteroatoms. The molecule has 1 heterocycles. The number of nitrogens with zero attached hydrogens (tertiary/aromatic N) is 1. The van der Waals surface area contributed by atoms with Crippen molar-refractivity contribution in [2.75, 3.05) is 18.6 Å². The number of carbonyl (C=O) groups is 2. The standard InChI is InChI=1S/C14H20N2O3S/c1-3-10-19-14(18)12(11-20-2)15-13(17)6-9-16-7-4-5-8-16/h3-5,7-8,12H,1,6,9-11H2,2H3,(H,15,17)/t12-/m1/s1. The average Bonchev–Trinajstić information content (AvgIpc) is 2.95. The summed E-state index contributed by atoms with van der Waals surface area (Å²) in [5, 5.41) is 2.71. The Hall–Kier alpha value is -1.69. The number of amides is 1. The van der Waals surface area contributed by atoms with Crippen molar-refractivity contribution in [3.8, 4) is 0 Å². The van der Waals surface area contributed by atoms with E-state index in [-0.39, 0.29) is 12.5 Å². The Morgan fingerprint density at radius 2 is 2.15 bits per heavy atom. The predicted molar refractivity (Wildman–Crippen MR) is 80.5 cm³/mol. The average molecular weight is 296 g/mol. The van der Waals surface area contributed by atoms with Crippen LogP contribution in [0, 0.1) is 0 Å². The molecule has 0 saturated carbocycles. The predicted octanol–water partition coefficient (Wildman–Crippen LogP) is 1.46. The molecule has 0 aliphatic carbocycles. The summed E-state index contributed by atoms with van der Waals surface area (Å²) < 4.78 is 6.88. The zero-order valence-corrected chi connectivity index (χ0v) is 12.4. The molecule has 20 heavy (non-hydrogen) atoms. The fourth-order valence-corrected chi connectivity index (χ4v) is 2.15. The van der Waals surface area contributed by atoms with Gasteiger partial charge in [-0.2, -0.15) is 11.8 Å². The highest BCUT2D eigenvalue weighted by molar-refractivity contribution is 7.98. The molecule has 5 nitrogen and oxygen atoms in total. The SMILES string of the molecule is C=CCOC(=O)[C@@H](CSC)NC(=O)CCn1cccc1. The van der Waals surface area contributed by atoms with E-state index in [1.807, 2.05) is 35.3 Å². The Bertz CT molecular complexity index is 432. The summed E-state index contributed by atoms with van der Waals surface area (Å²) >= 11 is 1.48. The lowest BCUT2D eigenvalue weighted by atomic mass is 10.3. The number of aromatic nitrogens is 1. The topological polar surface area (TPSA) is 60.3 Å². The number of esters is 1. The molecule has 110 valence electrons. The van der Waals surface area contributed by atoms with Crippen molar-refractivity contribution in [1.29, 1.82) is 0 Å². The van der Waals surface area contributed by atoms with E-state index in [1.165, 1.54) is 17.8 Å². The Kier molecular flexibility index (Phi) is 7.57. The number of carbonyl (C=O) groups excluding carboxylic acids is 2. The molecular formula is C14H20N2O3S. The van der Waals surface area contributed by atoms with Crippen molar-refractivity contribution in [1.82, 2.24) is 9.88 Å². The second kappa shape index (κ2) is 9.25. The number of rotatable bonds is 9. The molecule has 0 spiro atoms. The van der Waals surface area contributed by atoms with Gasteiger partial charge in [-0.05, 0) is 18.4 Å². The van der Waals surface area contributed by atoms with E-state index in [0.717, 1.165) is 0 Å². The zero-order chi connectivity index (χ0) is 14.8. The van der Waals surface area contributed by atoms with E-state index in [9.17, 15) is 9.59 Å². The molecule has 0 saturated heterocycles. The maximum Gasteiger partial charge on any atom is 0.329 e. The third kappa shape index (κ3) is 5.97. The van der Waals surface area contributed by atoms with E-state index in [1.54, 1.807) is 0 Å². The summed E-state index contributed by atoms with van der Waals surface area (Å²) in [6, 6.07) is 3.20. The molecule has 0 bridgehead atoms. The molecule has 0 radical (unpaired) electrons. The molecule has 1 N–H and O–H groups in total. The normalized spacial score (nSPS) is 11.7. The molecule has 0 fully saturated rings. The lowest BCUT2D eigenvalue weighted by Crippen LogP contribution is -2.43. The summed E-state index contributed by atoms with van der Waals surface area (Å²) in [5.41, 5.74) is 0. The first-order chi connectivity index (χ1) is 9.67. The Balaban J connectivity index is 2.41. The van der Waals surface area contributed by atoms with Crippen molar-refractivity contribution < 1.29 is 14.3 Å². The van der Waals surface area contributed by atoms with Crippen LogP contribution in [0.4, 0.5) is 0 Å². The first kappa shape index (κ1) is 16.4. The van der Waals surface area contributed by atoms with Gasteiger partial charge in [0.05, 0.1) is 0 Å². The van der Waals surface area contributed by atoms with Crippen molar-refractivity contribution in [2.45, 2.75) is 19.0 Å². The Morgan fingerprint density at radius 3 is 2.75 bits per heavy atom. The van der Waals surface area contributed by atoms with Crippen LogP contribution in [0.15, 0.2) is 37.2 Å².